The average molecular weight is 527 g/mol. The molecule has 1 N–H and O–H groups in total. The topological polar surface area (TPSA) is 85.7 Å². The average Bonchev–Trinajstić information content (AvgIpc) is 3.26. The Hall–Kier alpha value is -3.52. The summed E-state index contributed by atoms with van der Waals surface area (Å²) in [6.45, 7) is 10.4. The molecule has 0 saturated carbocycles. The van der Waals surface area contributed by atoms with Gasteiger partial charge in [0.1, 0.15) is 23.9 Å². The first-order chi connectivity index (χ1) is 17.4. The van der Waals surface area contributed by atoms with Crippen molar-refractivity contribution in [3.05, 3.63) is 64.8 Å². The van der Waals surface area contributed by atoms with Gasteiger partial charge in [-0.15, -0.1) is 0 Å². The maximum absolute atomic E-state index is 13.5. The Balaban J connectivity index is 1.91. The largest absolute Gasteiger partial charge is 0.497 e. The molecular formula is C28H35ClN4O4. The van der Waals surface area contributed by atoms with Crippen LogP contribution in [0.3, 0.4) is 0 Å². The molecule has 8 nitrogen and oxygen atoms in total. The Kier molecular flexibility index (Phi) is 8.86. The number of carbonyl (C=O) groups excluding carboxylic acids is 2. The minimum absolute atomic E-state index is 0.144. The first kappa shape index (κ1) is 28.1. The zero-order valence-electron chi connectivity index (χ0n) is 22.5. The predicted molar refractivity (Wildman–Crippen MR) is 146 cm³/mol. The number of carbonyl (C=O) groups is 2. The molecule has 2 aromatic carbocycles. The van der Waals surface area contributed by atoms with E-state index in [9.17, 15) is 9.59 Å². The number of rotatable bonds is 9. The highest BCUT2D eigenvalue weighted by Gasteiger charge is 2.25. The monoisotopic (exact) mass is 526 g/mol. The molecule has 3 aromatic rings. The van der Waals surface area contributed by atoms with Crippen LogP contribution in [0, 0.1) is 5.92 Å². The minimum atomic E-state index is -0.350. The van der Waals surface area contributed by atoms with Gasteiger partial charge in [0.05, 0.1) is 30.6 Å². The molecule has 0 aliphatic carbocycles. The van der Waals surface area contributed by atoms with Crippen LogP contribution in [0.25, 0.3) is 5.69 Å². The summed E-state index contributed by atoms with van der Waals surface area (Å²) < 4.78 is 12.3. The van der Waals surface area contributed by atoms with Crippen LogP contribution in [0.4, 0.5) is 5.82 Å². The van der Waals surface area contributed by atoms with E-state index < -0.39 is 0 Å². The third-order valence-corrected chi connectivity index (χ3v) is 5.95. The van der Waals surface area contributed by atoms with Gasteiger partial charge in [-0.1, -0.05) is 58.4 Å². The van der Waals surface area contributed by atoms with Crippen LogP contribution in [-0.4, -0.2) is 53.8 Å². The maximum Gasteiger partial charge on any atom is 0.254 e. The number of ether oxygens (including phenoxy) is 2. The maximum atomic E-state index is 13.5. The molecule has 2 amide bonds. The number of halogens is 1. The summed E-state index contributed by atoms with van der Waals surface area (Å²) in [6.07, 6.45) is 0. The van der Waals surface area contributed by atoms with Gasteiger partial charge in [-0.25, -0.2) is 4.68 Å². The van der Waals surface area contributed by atoms with Crippen molar-refractivity contribution in [3.63, 3.8) is 0 Å². The summed E-state index contributed by atoms with van der Waals surface area (Å²) in [6, 6.07) is 14.1. The number of anilines is 1. The molecule has 0 aliphatic rings. The molecule has 1 heterocycles. The Morgan fingerprint density at radius 1 is 1.05 bits per heavy atom. The number of hydrogen-bond acceptors (Lipinski definition) is 5. The van der Waals surface area contributed by atoms with Crippen LogP contribution in [0.1, 0.15) is 50.7 Å². The Labute approximate surface area is 223 Å². The molecule has 0 saturated heterocycles. The summed E-state index contributed by atoms with van der Waals surface area (Å²) in [5.41, 5.74) is 1.56. The molecule has 0 radical (unpaired) electrons. The number of methoxy groups -OCH3 is 2. The van der Waals surface area contributed by atoms with Gasteiger partial charge in [0.25, 0.3) is 5.91 Å². The lowest BCUT2D eigenvalue weighted by molar-refractivity contribution is -0.117. The molecule has 0 aliphatic heterocycles. The van der Waals surface area contributed by atoms with Gasteiger partial charge in [0.2, 0.25) is 5.91 Å². The Morgan fingerprint density at radius 3 is 2.22 bits per heavy atom. The van der Waals surface area contributed by atoms with E-state index in [1.807, 2.05) is 58.9 Å². The van der Waals surface area contributed by atoms with Crippen molar-refractivity contribution in [2.45, 2.75) is 40.0 Å². The highest BCUT2D eigenvalue weighted by atomic mass is 35.5. The van der Waals surface area contributed by atoms with E-state index in [-0.39, 0.29) is 29.7 Å². The highest BCUT2D eigenvalue weighted by Crippen LogP contribution is 2.29. The van der Waals surface area contributed by atoms with Gasteiger partial charge in [0.15, 0.2) is 0 Å². The molecule has 0 bridgehead atoms. The van der Waals surface area contributed by atoms with Crippen LogP contribution < -0.4 is 14.8 Å². The van der Waals surface area contributed by atoms with Crippen molar-refractivity contribution in [2.24, 2.45) is 5.92 Å². The van der Waals surface area contributed by atoms with Gasteiger partial charge in [0, 0.05) is 29.7 Å². The fraction of sp³-hybridized carbons (Fsp3) is 0.393. The van der Waals surface area contributed by atoms with E-state index in [4.69, 9.17) is 26.2 Å². The molecule has 0 spiro atoms. The first-order valence-electron chi connectivity index (χ1n) is 12.1. The lowest BCUT2D eigenvalue weighted by atomic mass is 9.92. The van der Waals surface area contributed by atoms with Gasteiger partial charge in [-0.05, 0) is 30.2 Å². The number of hydrogen-bond donors (Lipinski definition) is 1. The van der Waals surface area contributed by atoms with E-state index in [0.717, 1.165) is 5.69 Å². The molecule has 0 atom stereocenters. The van der Waals surface area contributed by atoms with E-state index in [2.05, 4.69) is 5.32 Å². The number of nitrogens with zero attached hydrogens (tertiary/aromatic N) is 3. The van der Waals surface area contributed by atoms with E-state index in [1.165, 1.54) is 19.1 Å². The molecule has 0 unspecified atom stereocenters. The summed E-state index contributed by atoms with van der Waals surface area (Å²) in [4.78, 5) is 28.3. The molecule has 3 rings (SSSR count). The number of nitrogens with one attached hydrogen (secondary N) is 1. The van der Waals surface area contributed by atoms with Crippen LogP contribution in [0.15, 0.2) is 48.5 Å². The molecule has 37 heavy (non-hydrogen) atoms. The molecule has 1 aromatic heterocycles. The molecule has 198 valence electrons. The van der Waals surface area contributed by atoms with Crippen molar-refractivity contribution in [3.8, 4) is 17.2 Å². The van der Waals surface area contributed by atoms with E-state index in [1.54, 1.807) is 28.9 Å². The van der Waals surface area contributed by atoms with Crippen molar-refractivity contribution in [2.75, 3.05) is 32.6 Å². The Bertz CT molecular complexity index is 1240. The second-order valence-corrected chi connectivity index (χ2v) is 10.7. The fourth-order valence-electron chi connectivity index (χ4n) is 3.77. The summed E-state index contributed by atoms with van der Waals surface area (Å²) >= 11 is 6.44. The zero-order valence-corrected chi connectivity index (χ0v) is 23.2. The second kappa shape index (κ2) is 11.7. The van der Waals surface area contributed by atoms with Crippen molar-refractivity contribution in [1.82, 2.24) is 14.7 Å². The smallest absolute Gasteiger partial charge is 0.254 e. The lowest BCUT2D eigenvalue weighted by Crippen LogP contribution is -2.40. The molecular weight excluding hydrogens is 492 g/mol. The van der Waals surface area contributed by atoms with Crippen LogP contribution in [0.2, 0.25) is 5.02 Å². The van der Waals surface area contributed by atoms with E-state index >= 15 is 0 Å². The van der Waals surface area contributed by atoms with Gasteiger partial charge < -0.3 is 19.7 Å². The summed E-state index contributed by atoms with van der Waals surface area (Å²) in [7, 11) is 3.05. The van der Waals surface area contributed by atoms with Gasteiger partial charge >= 0.3 is 0 Å². The normalized spacial score (nSPS) is 11.4. The molecule has 9 heteroatoms. The van der Waals surface area contributed by atoms with Crippen LogP contribution in [0.5, 0.6) is 11.5 Å². The van der Waals surface area contributed by atoms with E-state index in [0.29, 0.717) is 40.1 Å². The summed E-state index contributed by atoms with van der Waals surface area (Å²) in [5.74, 6) is 0.965. The SMILES string of the molecule is COc1cc(OC)cc(C(=O)N(CC(=O)Nc2cc(C(C)(C)C)nn2-c2ccccc2Cl)CC(C)C)c1. The predicted octanol–water partition coefficient (Wildman–Crippen LogP) is 5.58. The number of para-hydroxylation sites is 1. The minimum Gasteiger partial charge on any atom is -0.497 e. The quantitative estimate of drug-likeness (QED) is 0.393. The number of benzene rings is 2. The summed E-state index contributed by atoms with van der Waals surface area (Å²) in [5, 5.41) is 8.17. The fourth-order valence-corrected chi connectivity index (χ4v) is 3.99. The standard InChI is InChI=1S/C28H35ClN4O4/c1-18(2)16-32(27(35)19-12-20(36-6)14-21(13-19)37-7)17-26(34)30-25-15-24(28(3,4)5)31-33(25)23-11-9-8-10-22(23)29/h8-15,18H,16-17H2,1-7H3,(H,30,34). The van der Waals surface area contributed by atoms with Crippen molar-refractivity contribution >= 4 is 29.2 Å². The number of amides is 2. The lowest BCUT2D eigenvalue weighted by Gasteiger charge is -2.24. The Morgan fingerprint density at radius 2 is 1.68 bits per heavy atom. The van der Waals surface area contributed by atoms with Gasteiger partial charge in [-0.2, -0.15) is 5.10 Å². The zero-order chi connectivity index (χ0) is 27.3. The van der Waals surface area contributed by atoms with Crippen molar-refractivity contribution in [1.29, 1.82) is 0 Å². The van der Waals surface area contributed by atoms with Crippen molar-refractivity contribution < 1.29 is 19.1 Å². The molecule has 0 fully saturated rings. The number of aromatic nitrogens is 2. The third kappa shape index (κ3) is 7.04. The second-order valence-electron chi connectivity index (χ2n) is 10.3. The first-order valence-corrected chi connectivity index (χ1v) is 12.5. The van der Waals surface area contributed by atoms with Crippen LogP contribution >= 0.6 is 11.6 Å². The van der Waals surface area contributed by atoms with Crippen LogP contribution in [-0.2, 0) is 10.2 Å². The third-order valence-electron chi connectivity index (χ3n) is 5.63. The van der Waals surface area contributed by atoms with Gasteiger partial charge in [-0.3, -0.25) is 9.59 Å². The highest BCUT2D eigenvalue weighted by molar-refractivity contribution is 6.32.